The molecular formula is H2Ni2O2. The van der Waals surface area contributed by atoms with Crippen LogP contribution in [0.4, 0.5) is 0 Å². The zero-order valence-corrected chi connectivity index (χ0v) is 3.52. The third kappa shape index (κ3) is 15.0. The Hall–Kier alpha value is 0.747. The average molecular weight is 151 g/mol. The first kappa shape index (κ1) is 21.8. The Labute approximate surface area is 41.7 Å². The fourth-order valence-corrected chi connectivity index (χ4v) is 0. The quantitative estimate of drug-likeness (QED) is 0.412. The summed E-state index contributed by atoms with van der Waals surface area (Å²) in [7, 11) is 0. The minimum absolute atomic E-state index is 0. The van der Waals surface area contributed by atoms with E-state index in [-0.39, 0.29) is 22.0 Å². The van der Waals surface area contributed by atoms with E-state index >= 15 is 0 Å². The fourth-order valence-electron chi connectivity index (χ4n) is 0. The topological polar surface area (TPSA) is 48.6 Å². The second-order valence-electron chi connectivity index (χ2n) is 0. The molecule has 0 bridgehead atoms. The van der Waals surface area contributed by atoms with Gasteiger partial charge in [-0.25, -0.2) is 0 Å². The third-order valence-corrected chi connectivity index (χ3v) is 0. The number of hydrogen-bond donors (Lipinski definition) is 0. The molecule has 0 aromatic rings. The predicted molar refractivity (Wildman–Crippen MR) is 4.30 cm³/mol. The van der Waals surface area contributed by atoms with Crippen molar-refractivity contribution in [3.63, 3.8) is 0 Å². The second-order valence-corrected chi connectivity index (χ2v) is 0. The summed E-state index contributed by atoms with van der Waals surface area (Å²) in [6, 6.07) is 0. The standard InChI is InChI=1S/2Ni.H2O.O/h;;1H2;. The van der Waals surface area contributed by atoms with Crippen molar-refractivity contribution < 1.29 is 41.3 Å². The van der Waals surface area contributed by atoms with Crippen molar-refractivity contribution in [2.75, 3.05) is 0 Å². The molecule has 0 aliphatic heterocycles. The molecule has 0 atom stereocenters. The van der Waals surface area contributed by atoms with E-state index in [2.05, 4.69) is 15.4 Å². The first-order valence-corrected chi connectivity index (χ1v) is 0.532. The maximum absolute atomic E-state index is 7.88. The van der Waals surface area contributed by atoms with Gasteiger partial charge in [0.2, 0.25) is 0 Å². The van der Waals surface area contributed by atoms with Crippen molar-refractivity contribution >= 4 is 0 Å². The van der Waals surface area contributed by atoms with Crippen LogP contribution >= 0.6 is 0 Å². The molecule has 0 unspecified atom stereocenters. The van der Waals surface area contributed by atoms with Gasteiger partial charge in [0.1, 0.15) is 0 Å². The van der Waals surface area contributed by atoms with E-state index in [1.807, 2.05) is 0 Å². The first-order chi connectivity index (χ1) is 1.00. The summed E-state index contributed by atoms with van der Waals surface area (Å²) in [5.41, 5.74) is 0. The van der Waals surface area contributed by atoms with Crippen LogP contribution in [0.3, 0.4) is 0 Å². The van der Waals surface area contributed by atoms with Gasteiger partial charge >= 0.3 is 19.3 Å². The van der Waals surface area contributed by atoms with Crippen molar-refractivity contribution in [3.8, 4) is 0 Å². The van der Waals surface area contributed by atoms with Crippen LogP contribution < -0.4 is 0 Å². The Kier molecular flexibility index (Phi) is 277. The summed E-state index contributed by atoms with van der Waals surface area (Å²) < 4.78 is 7.88. The Morgan fingerprint density at radius 1 is 1.25 bits per heavy atom. The van der Waals surface area contributed by atoms with Gasteiger partial charge in [0.25, 0.3) is 0 Å². The molecule has 0 amide bonds. The molecule has 0 rings (SSSR count). The van der Waals surface area contributed by atoms with E-state index in [0.717, 1.165) is 0 Å². The van der Waals surface area contributed by atoms with Gasteiger partial charge in [-0.1, -0.05) is 0 Å². The molecular weight excluding hydrogens is 149 g/mol. The first-order valence-electron chi connectivity index (χ1n) is 0.129. The zero-order chi connectivity index (χ0) is 2.00. The van der Waals surface area contributed by atoms with Crippen molar-refractivity contribution in [3.05, 3.63) is 0 Å². The molecule has 0 spiro atoms. The van der Waals surface area contributed by atoms with Gasteiger partial charge in [0.05, 0.1) is 0 Å². The molecule has 0 heterocycles. The molecule has 2 nitrogen and oxygen atoms in total. The van der Waals surface area contributed by atoms with Gasteiger partial charge < -0.3 is 5.48 Å². The van der Waals surface area contributed by atoms with Crippen LogP contribution in [-0.4, -0.2) is 5.48 Å². The molecule has 4 heavy (non-hydrogen) atoms. The molecule has 0 fully saturated rings. The number of rotatable bonds is 0. The molecule has 4 heteroatoms. The molecule has 0 aliphatic carbocycles. The average Bonchev–Trinajstić information content (AvgIpc) is 1.00. The summed E-state index contributed by atoms with van der Waals surface area (Å²) in [4.78, 5) is 0. The van der Waals surface area contributed by atoms with E-state index in [4.69, 9.17) is 3.90 Å². The van der Waals surface area contributed by atoms with Gasteiger partial charge in [0.15, 0.2) is 0 Å². The number of hydrogen-bond acceptors (Lipinski definition) is 1. The van der Waals surface area contributed by atoms with Gasteiger partial charge in [0, 0.05) is 16.5 Å². The van der Waals surface area contributed by atoms with Gasteiger partial charge in [-0.2, -0.15) is 0 Å². The summed E-state index contributed by atoms with van der Waals surface area (Å²) in [5.74, 6) is 0. The van der Waals surface area contributed by atoms with Crippen LogP contribution in [0.15, 0.2) is 0 Å². The summed E-state index contributed by atoms with van der Waals surface area (Å²) in [5, 5.41) is 0. The summed E-state index contributed by atoms with van der Waals surface area (Å²) in [6.45, 7) is 0. The Morgan fingerprint density at radius 2 is 1.25 bits per heavy atom. The second kappa shape index (κ2) is 50.7. The van der Waals surface area contributed by atoms with Gasteiger partial charge in [-0.3, -0.25) is 0 Å². The van der Waals surface area contributed by atoms with Crippen LogP contribution in [0.5, 0.6) is 0 Å². The maximum atomic E-state index is 7.88. The van der Waals surface area contributed by atoms with E-state index in [1.165, 1.54) is 0 Å². The minimum atomic E-state index is 0. The molecule has 34 valence electrons. The van der Waals surface area contributed by atoms with Crippen LogP contribution in [-0.2, 0) is 35.8 Å². The Bertz CT molecular complexity index is 4.00. The summed E-state index contributed by atoms with van der Waals surface area (Å²) in [6.07, 6.45) is 0. The molecule has 0 aromatic carbocycles. The molecule has 0 aromatic heterocycles. The third-order valence-electron chi connectivity index (χ3n) is 0. The normalized spacial score (nSPS) is 1.50. The van der Waals surface area contributed by atoms with Crippen molar-refractivity contribution in [1.29, 1.82) is 0 Å². The zero-order valence-electron chi connectivity index (χ0n) is 1.54. The Balaban J connectivity index is -0.00000000500. The molecule has 0 aliphatic rings. The predicted octanol–water partition coefficient (Wildman–Crippen LogP) is -0.949. The monoisotopic (exact) mass is 150 g/mol. The SMILES string of the molecule is O.[Ni].[O]=[Ni]. The van der Waals surface area contributed by atoms with Gasteiger partial charge in [-0.15, -0.1) is 0 Å². The molecule has 0 saturated carbocycles. The van der Waals surface area contributed by atoms with E-state index in [9.17, 15) is 0 Å². The van der Waals surface area contributed by atoms with Crippen LogP contribution in [0.2, 0.25) is 0 Å². The Morgan fingerprint density at radius 3 is 1.25 bits per heavy atom. The molecule has 0 radical (unpaired) electrons. The van der Waals surface area contributed by atoms with Gasteiger partial charge in [-0.05, 0) is 0 Å². The molecule has 2 N–H and O–H groups in total. The van der Waals surface area contributed by atoms with Crippen molar-refractivity contribution in [2.24, 2.45) is 0 Å². The van der Waals surface area contributed by atoms with E-state index < -0.39 is 0 Å². The van der Waals surface area contributed by atoms with Crippen molar-refractivity contribution in [1.82, 2.24) is 0 Å². The van der Waals surface area contributed by atoms with Crippen LogP contribution in [0.25, 0.3) is 0 Å². The summed E-state index contributed by atoms with van der Waals surface area (Å²) >= 11 is 2.62. The van der Waals surface area contributed by atoms with Crippen molar-refractivity contribution in [2.45, 2.75) is 0 Å². The van der Waals surface area contributed by atoms with E-state index in [0.29, 0.717) is 0 Å². The van der Waals surface area contributed by atoms with E-state index in [1.54, 1.807) is 0 Å². The fraction of sp³-hybridized carbons (Fsp3) is 0. The molecule has 0 saturated heterocycles. The van der Waals surface area contributed by atoms with Crippen LogP contribution in [0.1, 0.15) is 0 Å². The van der Waals surface area contributed by atoms with Crippen LogP contribution in [0, 0.1) is 0 Å².